The molecule has 0 saturated carbocycles. The third-order valence-electron chi connectivity index (χ3n) is 7.13. The highest BCUT2D eigenvalue weighted by molar-refractivity contribution is 5.77. The Morgan fingerprint density at radius 3 is 2.90 bits per heavy atom. The zero-order valence-electron chi connectivity index (χ0n) is 16.1. The Labute approximate surface area is 167 Å². The molecule has 1 saturated heterocycles. The van der Waals surface area contributed by atoms with E-state index in [-0.39, 0.29) is 36.8 Å². The van der Waals surface area contributed by atoms with Gasteiger partial charge in [0.25, 0.3) is 0 Å². The van der Waals surface area contributed by atoms with E-state index in [4.69, 9.17) is 14.6 Å². The molecule has 8 heteroatoms. The molecule has 1 aromatic rings. The molecule has 8 nitrogen and oxygen atoms in total. The maximum absolute atomic E-state index is 12.2. The van der Waals surface area contributed by atoms with Crippen LogP contribution in [0.4, 0.5) is 0 Å². The molecule has 2 bridgehead atoms. The fraction of sp³-hybridized carbons (Fsp3) is 0.524. The molecule has 2 aliphatic heterocycles. The van der Waals surface area contributed by atoms with E-state index in [0.29, 0.717) is 18.6 Å². The van der Waals surface area contributed by atoms with Gasteiger partial charge in [0.2, 0.25) is 0 Å². The Kier molecular flexibility index (Phi) is 3.79. The average Bonchev–Trinajstić information content (AvgIpc) is 3.03. The molecule has 29 heavy (non-hydrogen) atoms. The van der Waals surface area contributed by atoms with Crippen LogP contribution < -0.4 is 4.74 Å². The Morgan fingerprint density at radius 2 is 2.14 bits per heavy atom. The van der Waals surface area contributed by atoms with Crippen molar-refractivity contribution in [3.05, 3.63) is 35.1 Å². The second-order valence-electron chi connectivity index (χ2n) is 8.47. The van der Waals surface area contributed by atoms with Gasteiger partial charge in [0, 0.05) is 18.0 Å². The molecule has 1 aromatic carbocycles. The Morgan fingerprint density at radius 1 is 1.34 bits per heavy atom. The van der Waals surface area contributed by atoms with Gasteiger partial charge in [-0.1, -0.05) is 6.07 Å². The van der Waals surface area contributed by atoms with Crippen molar-refractivity contribution in [1.82, 2.24) is 4.90 Å². The lowest BCUT2D eigenvalue weighted by Crippen LogP contribution is -2.74. The summed E-state index contributed by atoms with van der Waals surface area (Å²) in [6.45, 7) is 0.738. The molecule has 1 spiro atoms. The van der Waals surface area contributed by atoms with Gasteiger partial charge in [-0.15, -0.1) is 0 Å². The van der Waals surface area contributed by atoms with Crippen molar-refractivity contribution in [2.45, 2.75) is 55.3 Å². The lowest BCUT2D eigenvalue weighted by molar-refractivity contribution is -0.169. The molecular formula is C21H23NO7. The van der Waals surface area contributed by atoms with Gasteiger partial charge in [0.1, 0.15) is 5.76 Å². The van der Waals surface area contributed by atoms with Gasteiger partial charge < -0.3 is 29.7 Å². The second kappa shape index (κ2) is 5.96. The number of ether oxygens (including phenoxy) is 2. The van der Waals surface area contributed by atoms with E-state index in [9.17, 15) is 19.8 Å². The fourth-order valence-electron chi connectivity index (χ4n) is 5.83. The van der Waals surface area contributed by atoms with Gasteiger partial charge in [0.05, 0.1) is 23.9 Å². The van der Waals surface area contributed by atoms with E-state index in [2.05, 4.69) is 4.90 Å². The number of carbonyl (C=O) groups is 2. The number of aromatic hydroxyl groups is 1. The minimum atomic E-state index is -1.12. The average molecular weight is 401 g/mol. The molecule has 2 aliphatic carbocycles. The number of hydrogen-bond donors (Lipinski definition) is 3. The number of phenolic OH excluding ortho intramolecular Hbond substituents is 1. The maximum Gasteiger partial charge on any atom is 0.311 e. The number of phenols is 1. The molecular weight excluding hydrogens is 378 g/mol. The number of nitrogens with zero attached hydrogens (tertiary/aromatic N) is 1. The van der Waals surface area contributed by atoms with Crippen LogP contribution in [-0.2, 0) is 26.2 Å². The Balaban J connectivity index is 1.60. The first kappa shape index (κ1) is 18.4. The maximum atomic E-state index is 12.2. The summed E-state index contributed by atoms with van der Waals surface area (Å²) < 4.78 is 11.7. The lowest BCUT2D eigenvalue weighted by Gasteiger charge is -2.61. The quantitative estimate of drug-likeness (QED) is 0.642. The van der Waals surface area contributed by atoms with Crippen LogP contribution in [0.1, 0.15) is 36.8 Å². The molecule has 1 fully saturated rings. The largest absolute Gasteiger partial charge is 0.504 e. The minimum Gasteiger partial charge on any atom is -0.504 e. The number of likely N-dealkylation sites (tertiary alicyclic amines) is 1. The van der Waals surface area contributed by atoms with Gasteiger partial charge in [-0.05, 0) is 44.1 Å². The van der Waals surface area contributed by atoms with E-state index in [1.807, 2.05) is 13.1 Å². The highest BCUT2D eigenvalue weighted by atomic mass is 16.6. The first-order chi connectivity index (χ1) is 13.8. The lowest BCUT2D eigenvalue weighted by atomic mass is 9.50. The third-order valence-corrected chi connectivity index (χ3v) is 7.13. The fourth-order valence-corrected chi connectivity index (χ4v) is 5.83. The summed E-state index contributed by atoms with van der Waals surface area (Å²) in [6.07, 6.45) is 1.91. The number of carboxylic acids is 1. The normalized spacial score (nSPS) is 34.1. The molecule has 2 heterocycles. The van der Waals surface area contributed by atoms with Crippen molar-refractivity contribution in [2.75, 3.05) is 13.6 Å². The highest BCUT2D eigenvalue weighted by Crippen LogP contribution is 2.65. The zero-order chi connectivity index (χ0) is 20.6. The van der Waals surface area contributed by atoms with E-state index in [1.54, 1.807) is 12.1 Å². The standard InChI is InChI=1S/C21H23NO7/c1-22-9-8-20-17-11-2-3-12(23)18(17)29-19(20)13(28-16(26)5-4-15(24)25)6-7-21(20,27)14(22)10-11/h2-3,6,14,19,23,27H,4-5,7-10H2,1H3,(H,24,25)/t14-,19+,20+,21-/m0/s1. The summed E-state index contributed by atoms with van der Waals surface area (Å²) in [5.41, 5.74) is -0.0852. The number of carboxylic acid groups (broad SMARTS) is 1. The van der Waals surface area contributed by atoms with Crippen molar-refractivity contribution in [1.29, 1.82) is 0 Å². The van der Waals surface area contributed by atoms with Crippen LogP contribution in [0.5, 0.6) is 11.5 Å². The number of aliphatic carboxylic acids is 1. The number of likely N-dealkylation sites (N-methyl/N-ethyl adjacent to an activating group) is 1. The number of benzene rings is 1. The highest BCUT2D eigenvalue weighted by Gasteiger charge is 2.72. The molecule has 3 N–H and O–H groups in total. The third kappa shape index (κ3) is 2.27. The van der Waals surface area contributed by atoms with Gasteiger partial charge in [-0.3, -0.25) is 9.59 Å². The molecule has 0 unspecified atom stereocenters. The number of carbonyl (C=O) groups excluding carboxylic acids is 1. The molecule has 0 radical (unpaired) electrons. The molecule has 0 aromatic heterocycles. The van der Waals surface area contributed by atoms with Crippen LogP contribution in [0, 0.1) is 0 Å². The Hall–Kier alpha value is -2.58. The summed E-state index contributed by atoms with van der Waals surface area (Å²) in [6, 6.07) is 3.36. The van der Waals surface area contributed by atoms with Crippen LogP contribution >= 0.6 is 0 Å². The van der Waals surface area contributed by atoms with Crippen molar-refractivity contribution < 1.29 is 34.4 Å². The predicted octanol–water partition coefficient (Wildman–Crippen LogP) is 1.08. The molecule has 4 atom stereocenters. The monoisotopic (exact) mass is 401 g/mol. The first-order valence-electron chi connectivity index (χ1n) is 9.85. The van der Waals surface area contributed by atoms with E-state index in [0.717, 1.165) is 17.7 Å². The number of rotatable bonds is 4. The summed E-state index contributed by atoms with van der Waals surface area (Å²) in [7, 11) is 2.00. The Bertz CT molecular complexity index is 957. The van der Waals surface area contributed by atoms with Crippen LogP contribution in [0.25, 0.3) is 0 Å². The van der Waals surface area contributed by atoms with Gasteiger partial charge in [-0.25, -0.2) is 0 Å². The molecule has 4 aliphatic rings. The SMILES string of the molecule is CN1CC[C@@]23c4c5ccc(O)c4O[C@@H]2C(OC(=O)CCC(=O)O)=CC[C@]3(O)[C@@H]1C5. The topological polar surface area (TPSA) is 117 Å². The van der Waals surface area contributed by atoms with Gasteiger partial charge in [-0.2, -0.15) is 0 Å². The van der Waals surface area contributed by atoms with E-state index >= 15 is 0 Å². The summed E-state index contributed by atoms with van der Waals surface area (Å²) in [4.78, 5) is 25.1. The number of hydrogen-bond acceptors (Lipinski definition) is 7. The number of aliphatic hydroxyl groups is 1. The predicted molar refractivity (Wildman–Crippen MR) is 99.6 cm³/mol. The van der Waals surface area contributed by atoms with Gasteiger partial charge >= 0.3 is 11.9 Å². The number of piperidine rings is 1. The van der Waals surface area contributed by atoms with Crippen LogP contribution in [-0.4, -0.2) is 63.5 Å². The van der Waals surface area contributed by atoms with Crippen molar-refractivity contribution >= 4 is 11.9 Å². The van der Waals surface area contributed by atoms with Crippen molar-refractivity contribution in [3.63, 3.8) is 0 Å². The van der Waals surface area contributed by atoms with Gasteiger partial charge in [0.15, 0.2) is 17.6 Å². The van der Waals surface area contributed by atoms with E-state index < -0.39 is 29.1 Å². The summed E-state index contributed by atoms with van der Waals surface area (Å²) in [5, 5.41) is 31.2. The zero-order valence-corrected chi connectivity index (χ0v) is 16.1. The summed E-state index contributed by atoms with van der Waals surface area (Å²) >= 11 is 0. The number of esters is 1. The van der Waals surface area contributed by atoms with E-state index in [1.165, 1.54) is 0 Å². The van der Waals surface area contributed by atoms with Crippen molar-refractivity contribution in [2.24, 2.45) is 0 Å². The molecule has 5 rings (SSSR count). The summed E-state index contributed by atoms with van der Waals surface area (Å²) in [5.74, 6) is -1.08. The minimum absolute atomic E-state index is 0.00352. The first-order valence-corrected chi connectivity index (χ1v) is 9.85. The van der Waals surface area contributed by atoms with Crippen LogP contribution in [0.15, 0.2) is 24.0 Å². The van der Waals surface area contributed by atoms with Crippen LogP contribution in [0.3, 0.4) is 0 Å². The second-order valence-corrected chi connectivity index (χ2v) is 8.47. The molecule has 0 amide bonds. The smallest absolute Gasteiger partial charge is 0.311 e. The van der Waals surface area contributed by atoms with Crippen molar-refractivity contribution in [3.8, 4) is 11.5 Å². The van der Waals surface area contributed by atoms with Crippen LogP contribution in [0.2, 0.25) is 0 Å². The molecule has 154 valence electrons.